The standard InChI is InChI=1S/C18H18N2O7S/c1-11(17(21)20-13-3-5-14(6-4-13)28(19,23)24)27-18(22)12-2-7-15-16(10-12)26-9-8-25-15/h2-7,10-11H,8-9H2,1H3,(H,20,21)(H2,19,23,24)/t11-/m0/s1. The first-order valence-corrected chi connectivity index (χ1v) is 9.83. The summed E-state index contributed by atoms with van der Waals surface area (Å²) >= 11 is 0. The van der Waals surface area contributed by atoms with Crippen molar-refractivity contribution in [2.24, 2.45) is 5.14 Å². The lowest BCUT2D eigenvalue weighted by atomic mass is 10.2. The highest BCUT2D eigenvalue weighted by Crippen LogP contribution is 2.31. The highest BCUT2D eigenvalue weighted by atomic mass is 32.2. The molecule has 148 valence electrons. The number of ether oxygens (including phenoxy) is 3. The molecule has 3 rings (SSSR count). The number of fused-ring (bicyclic) bond motifs is 1. The van der Waals surface area contributed by atoms with Crippen molar-refractivity contribution in [2.75, 3.05) is 18.5 Å². The van der Waals surface area contributed by atoms with Gasteiger partial charge in [0.15, 0.2) is 17.6 Å². The number of anilines is 1. The normalized spacial score (nSPS) is 14.1. The van der Waals surface area contributed by atoms with Crippen molar-refractivity contribution in [1.82, 2.24) is 0 Å². The third-order valence-electron chi connectivity index (χ3n) is 3.88. The number of carbonyl (C=O) groups excluding carboxylic acids is 2. The van der Waals surface area contributed by atoms with Crippen LogP contribution in [0.15, 0.2) is 47.4 Å². The number of sulfonamides is 1. The van der Waals surface area contributed by atoms with Gasteiger partial charge in [0, 0.05) is 5.69 Å². The molecule has 9 nitrogen and oxygen atoms in total. The van der Waals surface area contributed by atoms with E-state index in [9.17, 15) is 18.0 Å². The van der Waals surface area contributed by atoms with E-state index in [4.69, 9.17) is 19.3 Å². The molecule has 0 fully saturated rings. The summed E-state index contributed by atoms with van der Waals surface area (Å²) in [4.78, 5) is 24.4. The zero-order valence-corrected chi connectivity index (χ0v) is 15.7. The van der Waals surface area contributed by atoms with Gasteiger partial charge in [-0.2, -0.15) is 0 Å². The molecule has 28 heavy (non-hydrogen) atoms. The van der Waals surface area contributed by atoms with Crippen LogP contribution in [0.3, 0.4) is 0 Å². The van der Waals surface area contributed by atoms with E-state index in [2.05, 4.69) is 5.32 Å². The average molecular weight is 406 g/mol. The fourth-order valence-electron chi connectivity index (χ4n) is 2.42. The van der Waals surface area contributed by atoms with E-state index in [0.717, 1.165) is 0 Å². The molecule has 0 aliphatic carbocycles. The maximum Gasteiger partial charge on any atom is 0.339 e. The van der Waals surface area contributed by atoms with Crippen molar-refractivity contribution in [3.8, 4) is 11.5 Å². The van der Waals surface area contributed by atoms with Crippen LogP contribution < -0.4 is 19.9 Å². The molecule has 1 atom stereocenters. The van der Waals surface area contributed by atoms with Crippen LogP contribution >= 0.6 is 0 Å². The molecule has 2 aromatic carbocycles. The van der Waals surface area contributed by atoms with Gasteiger partial charge >= 0.3 is 5.97 Å². The summed E-state index contributed by atoms with van der Waals surface area (Å²) in [5.74, 6) is -0.289. The topological polar surface area (TPSA) is 134 Å². The molecule has 0 aromatic heterocycles. The summed E-state index contributed by atoms with van der Waals surface area (Å²) < 4.78 is 38.5. The second-order valence-corrected chi connectivity index (χ2v) is 7.53. The fraction of sp³-hybridized carbons (Fsp3) is 0.222. The van der Waals surface area contributed by atoms with Gasteiger partial charge in [-0.25, -0.2) is 18.4 Å². The summed E-state index contributed by atoms with van der Waals surface area (Å²) in [6.07, 6.45) is -1.08. The van der Waals surface area contributed by atoms with E-state index in [1.165, 1.54) is 43.3 Å². The molecule has 3 N–H and O–H groups in total. The van der Waals surface area contributed by atoms with Crippen LogP contribution in [0.4, 0.5) is 5.69 Å². The molecular formula is C18H18N2O7S. The molecule has 1 amide bonds. The van der Waals surface area contributed by atoms with Crippen LogP contribution in [-0.2, 0) is 19.6 Å². The molecule has 0 radical (unpaired) electrons. The summed E-state index contributed by atoms with van der Waals surface area (Å²) in [5, 5.41) is 7.55. The second kappa shape index (κ2) is 7.87. The Morgan fingerprint density at radius 3 is 2.36 bits per heavy atom. The van der Waals surface area contributed by atoms with Crippen LogP contribution in [0.1, 0.15) is 17.3 Å². The molecule has 0 spiro atoms. The predicted molar refractivity (Wildman–Crippen MR) is 98.8 cm³/mol. The Kier molecular flexibility index (Phi) is 5.52. The minimum atomic E-state index is -3.82. The van der Waals surface area contributed by atoms with E-state index < -0.39 is 28.0 Å². The zero-order valence-electron chi connectivity index (χ0n) is 14.9. The number of primary sulfonamides is 1. The van der Waals surface area contributed by atoms with Gasteiger partial charge in [0.1, 0.15) is 13.2 Å². The number of nitrogens with two attached hydrogens (primary N) is 1. The number of nitrogens with one attached hydrogen (secondary N) is 1. The minimum Gasteiger partial charge on any atom is -0.486 e. The van der Waals surface area contributed by atoms with Crippen LogP contribution in [0.5, 0.6) is 11.5 Å². The molecule has 2 aromatic rings. The summed E-state index contributed by atoms with van der Waals surface area (Å²) in [6.45, 7) is 2.24. The maximum absolute atomic E-state index is 12.3. The Labute approximate surface area is 161 Å². The minimum absolute atomic E-state index is 0.0800. The Balaban J connectivity index is 1.61. The summed E-state index contributed by atoms with van der Waals surface area (Å²) in [7, 11) is -3.82. The van der Waals surface area contributed by atoms with Crippen molar-refractivity contribution in [3.05, 3.63) is 48.0 Å². The predicted octanol–water partition coefficient (Wildman–Crippen LogP) is 1.29. The SMILES string of the molecule is C[C@H](OC(=O)c1ccc2c(c1)OCCO2)C(=O)Nc1ccc(S(N)(=O)=O)cc1. The lowest BCUT2D eigenvalue weighted by molar-refractivity contribution is -0.123. The molecule has 0 unspecified atom stereocenters. The first-order chi connectivity index (χ1) is 13.2. The lowest BCUT2D eigenvalue weighted by Gasteiger charge is -2.19. The molecule has 10 heteroatoms. The summed E-state index contributed by atoms with van der Waals surface area (Å²) in [5.41, 5.74) is 0.557. The third kappa shape index (κ3) is 4.59. The maximum atomic E-state index is 12.3. The van der Waals surface area contributed by atoms with Gasteiger partial charge < -0.3 is 19.5 Å². The van der Waals surface area contributed by atoms with Crippen LogP contribution in [0.2, 0.25) is 0 Å². The average Bonchev–Trinajstić information content (AvgIpc) is 2.67. The van der Waals surface area contributed by atoms with Crippen LogP contribution in [-0.4, -0.2) is 39.6 Å². The van der Waals surface area contributed by atoms with Crippen molar-refractivity contribution in [1.29, 1.82) is 0 Å². The van der Waals surface area contributed by atoms with Gasteiger partial charge in [0.25, 0.3) is 5.91 Å². The molecule has 1 heterocycles. The summed E-state index contributed by atoms with van der Waals surface area (Å²) in [6, 6.07) is 9.90. The smallest absolute Gasteiger partial charge is 0.339 e. The number of hydrogen-bond acceptors (Lipinski definition) is 7. The van der Waals surface area contributed by atoms with E-state index in [1.54, 1.807) is 6.07 Å². The zero-order chi connectivity index (χ0) is 20.3. The van der Waals surface area contributed by atoms with Gasteiger partial charge in [-0.15, -0.1) is 0 Å². The molecule has 1 aliphatic rings. The Bertz CT molecular complexity index is 1000. The Morgan fingerprint density at radius 1 is 1.07 bits per heavy atom. The number of carbonyl (C=O) groups is 2. The van der Waals surface area contributed by atoms with Crippen LogP contribution in [0, 0.1) is 0 Å². The quantitative estimate of drug-likeness (QED) is 0.715. The second-order valence-electron chi connectivity index (χ2n) is 5.96. The third-order valence-corrected chi connectivity index (χ3v) is 4.81. The van der Waals surface area contributed by atoms with E-state index in [-0.39, 0.29) is 10.5 Å². The number of amides is 1. The van der Waals surface area contributed by atoms with E-state index in [0.29, 0.717) is 30.4 Å². The Hall–Kier alpha value is -3.11. The highest BCUT2D eigenvalue weighted by Gasteiger charge is 2.21. The largest absolute Gasteiger partial charge is 0.486 e. The monoisotopic (exact) mass is 406 g/mol. The number of benzene rings is 2. The lowest BCUT2D eigenvalue weighted by Crippen LogP contribution is -2.30. The fourth-order valence-corrected chi connectivity index (χ4v) is 2.94. The van der Waals surface area contributed by atoms with Crippen molar-refractivity contribution in [2.45, 2.75) is 17.9 Å². The van der Waals surface area contributed by atoms with Gasteiger partial charge in [-0.05, 0) is 49.4 Å². The number of rotatable bonds is 5. The van der Waals surface area contributed by atoms with Crippen LogP contribution in [0.25, 0.3) is 0 Å². The van der Waals surface area contributed by atoms with Gasteiger partial charge in [0.05, 0.1) is 10.5 Å². The number of hydrogen-bond donors (Lipinski definition) is 2. The van der Waals surface area contributed by atoms with Crippen molar-refractivity contribution < 1.29 is 32.2 Å². The first kappa shape index (κ1) is 19.6. The molecular weight excluding hydrogens is 388 g/mol. The molecule has 0 bridgehead atoms. The first-order valence-electron chi connectivity index (χ1n) is 8.28. The van der Waals surface area contributed by atoms with Gasteiger partial charge in [-0.1, -0.05) is 0 Å². The van der Waals surface area contributed by atoms with Crippen molar-refractivity contribution >= 4 is 27.6 Å². The van der Waals surface area contributed by atoms with Crippen molar-refractivity contribution in [3.63, 3.8) is 0 Å². The van der Waals surface area contributed by atoms with E-state index in [1.807, 2.05) is 0 Å². The number of esters is 1. The molecule has 0 saturated heterocycles. The molecule has 0 saturated carbocycles. The Morgan fingerprint density at radius 2 is 1.71 bits per heavy atom. The van der Waals surface area contributed by atoms with E-state index >= 15 is 0 Å². The van der Waals surface area contributed by atoms with Gasteiger partial charge in [0.2, 0.25) is 10.0 Å². The van der Waals surface area contributed by atoms with Gasteiger partial charge in [-0.3, -0.25) is 4.79 Å². The highest BCUT2D eigenvalue weighted by molar-refractivity contribution is 7.89. The molecule has 1 aliphatic heterocycles.